The van der Waals surface area contributed by atoms with Crippen LogP contribution in [0.3, 0.4) is 0 Å². The quantitative estimate of drug-likeness (QED) is 0.821. The number of halogens is 1. The standard InChI is InChI=1S/C14H18BrN3O2/c15-11-7-9(5-6-12(11)16)14(20)18(8-13(17)19)10-3-1-2-4-10/h5-7,10H,1-4,8,16H2,(H2,17,19). The molecule has 0 saturated heterocycles. The van der Waals surface area contributed by atoms with Gasteiger partial charge in [0.2, 0.25) is 5.91 Å². The third-order valence-corrected chi connectivity index (χ3v) is 4.29. The molecule has 0 spiro atoms. The highest BCUT2D eigenvalue weighted by atomic mass is 79.9. The minimum absolute atomic E-state index is 0.0362. The minimum Gasteiger partial charge on any atom is -0.398 e. The number of rotatable bonds is 4. The lowest BCUT2D eigenvalue weighted by atomic mass is 10.1. The van der Waals surface area contributed by atoms with Crippen molar-refractivity contribution in [3.63, 3.8) is 0 Å². The second kappa shape index (κ2) is 6.26. The fourth-order valence-corrected chi connectivity index (χ4v) is 2.96. The summed E-state index contributed by atoms with van der Waals surface area (Å²) in [6.45, 7) is -0.0362. The smallest absolute Gasteiger partial charge is 0.254 e. The van der Waals surface area contributed by atoms with Gasteiger partial charge in [0, 0.05) is 21.8 Å². The van der Waals surface area contributed by atoms with E-state index in [1.165, 1.54) is 0 Å². The zero-order valence-electron chi connectivity index (χ0n) is 11.1. The van der Waals surface area contributed by atoms with Crippen LogP contribution in [0.15, 0.2) is 22.7 Å². The summed E-state index contributed by atoms with van der Waals surface area (Å²) in [6.07, 6.45) is 4.02. The van der Waals surface area contributed by atoms with Crippen LogP contribution < -0.4 is 11.5 Å². The first-order valence-corrected chi connectivity index (χ1v) is 7.42. The maximum Gasteiger partial charge on any atom is 0.254 e. The fraction of sp³-hybridized carbons (Fsp3) is 0.429. The van der Waals surface area contributed by atoms with Gasteiger partial charge in [-0.2, -0.15) is 0 Å². The van der Waals surface area contributed by atoms with Gasteiger partial charge in [0.25, 0.3) is 5.91 Å². The average molecular weight is 340 g/mol. The fourth-order valence-electron chi connectivity index (χ4n) is 2.58. The predicted molar refractivity (Wildman–Crippen MR) is 81.0 cm³/mol. The molecule has 0 unspecified atom stereocenters. The molecule has 0 bridgehead atoms. The zero-order valence-corrected chi connectivity index (χ0v) is 12.7. The first-order chi connectivity index (χ1) is 9.49. The van der Waals surface area contributed by atoms with Crippen molar-refractivity contribution >= 4 is 33.4 Å². The first kappa shape index (κ1) is 14.8. The van der Waals surface area contributed by atoms with Gasteiger partial charge in [0.05, 0.1) is 6.54 Å². The predicted octanol–water partition coefficient (Wildman–Crippen LogP) is 1.90. The van der Waals surface area contributed by atoms with Gasteiger partial charge in [-0.25, -0.2) is 0 Å². The van der Waals surface area contributed by atoms with Gasteiger partial charge < -0.3 is 16.4 Å². The largest absolute Gasteiger partial charge is 0.398 e. The normalized spacial score (nSPS) is 15.2. The van der Waals surface area contributed by atoms with Crippen molar-refractivity contribution in [2.45, 2.75) is 31.7 Å². The number of hydrogen-bond donors (Lipinski definition) is 2. The average Bonchev–Trinajstić information content (AvgIpc) is 2.92. The van der Waals surface area contributed by atoms with E-state index >= 15 is 0 Å². The Hall–Kier alpha value is -1.56. The molecule has 2 amide bonds. The number of nitrogens with two attached hydrogens (primary N) is 2. The lowest BCUT2D eigenvalue weighted by Gasteiger charge is -2.28. The minimum atomic E-state index is -0.486. The Morgan fingerprint density at radius 1 is 1.30 bits per heavy atom. The van der Waals surface area contributed by atoms with Gasteiger partial charge in [0.1, 0.15) is 0 Å². The maximum absolute atomic E-state index is 12.6. The molecule has 0 atom stereocenters. The number of anilines is 1. The second-order valence-electron chi connectivity index (χ2n) is 5.07. The highest BCUT2D eigenvalue weighted by molar-refractivity contribution is 9.10. The first-order valence-electron chi connectivity index (χ1n) is 6.63. The molecule has 6 heteroatoms. The lowest BCUT2D eigenvalue weighted by Crippen LogP contribution is -2.44. The second-order valence-corrected chi connectivity index (χ2v) is 5.93. The van der Waals surface area contributed by atoms with E-state index in [2.05, 4.69) is 15.9 Å². The Kier molecular flexibility index (Phi) is 4.65. The Balaban J connectivity index is 2.24. The van der Waals surface area contributed by atoms with Crippen molar-refractivity contribution in [1.82, 2.24) is 4.90 Å². The van der Waals surface area contributed by atoms with Crippen LogP contribution in [-0.4, -0.2) is 29.3 Å². The Morgan fingerprint density at radius 3 is 2.50 bits per heavy atom. The van der Waals surface area contributed by atoms with Crippen LogP contribution in [0, 0.1) is 0 Å². The molecule has 4 N–H and O–H groups in total. The monoisotopic (exact) mass is 339 g/mol. The third-order valence-electron chi connectivity index (χ3n) is 3.60. The molecule has 1 aliphatic carbocycles. The molecule has 2 rings (SSSR count). The number of carbonyl (C=O) groups excluding carboxylic acids is 2. The summed E-state index contributed by atoms with van der Waals surface area (Å²) in [6, 6.07) is 5.13. The van der Waals surface area contributed by atoms with E-state index in [9.17, 15) is 9.59 Å². The number of nitrogen functional groups attached to an aromatic ring is 1. The highest BCUT2D eigenvalue weighted by Gasteiger charge is 2.28. The summed E-state index contributed by atoms with van der Waals surface area (Å²) in [5.74, 6) is -0.656. The van der Waals surface area contributed by atoms with E-state index in [0.717, 1.165) is 25.7 Å². The molecule has 1 saturated carbocycles. The van der Waals surface area contributed by atoms with Gasteiger partial charge in [-0.1, -0.05) is 12.8 Å². The maximum atomic E-state index is 12.6. The van der Waals surface area contributed by atoms with E-state index < -0.39 is 5.91 Å². The number of benzene rings is 1. The van der Waals surface area contributed by atoms with Crippen LogP contribution >= 0.6 is 15.9 Å². The summed E-state index contributed by atoms with van der Waals surface area (Å²) in [5, 5.41) is 0. The number of hydrogen-bond acceptors (Lipinski definition) is 3. The Labute approximate surface area is 126 Å². The lowest BCUT2D eigenvalue weighted by molar-refractivity contribution is -0.119. The molecule has 0 heterocycles. The number of amides is 2. The van der Waals surface area contributed by atoms with E-state index in [1.54, 1.807) is 23.1 Å². The molecule has 5 nitrogen and oxygen atoms in total. The van der Waals surface area contributed by atoms with Crippen LogP contribution in [-0.2, 0) is 4.79 Å². The van der Waals surface area contributed by atoms with Crippen molar-refractivity contribution < 1.29 is 9.59 Å². The van der Waals surface area contributed by atoms with Crippen LogP contribution in [0.2, 0.25) is 0 Å². The van der Waals surface area contributed by atoms with Gasteiger partial charge in [-0.05, 0) is 47.0 Å². The van der Waals surface area contributed by atoms with E-state index in [0.29, 0.717) is 15.7 Å². The SMILES string of the molecule is NC(=O)CN(C(=O)c1ccc(N)c(Br)c1)C1CCCC1. The molecular formula is C14H18BrN3O2. The van der Waals surface area contributed by atoms with Crippen molar-refractivity contribution in [3.8, 4) is 0 Å². The summed E-state index contributed by atoms with van der Waals surface area (Å²) in [4.78, 5) is 25.4. The molecule has 20 heavy (non-hydrogen) atoms. The van der Waals surface area contributed by atoms with E-state index in [1.807, 2.05) is 0 Å². The van der Waals surface area contributed by atoms with Crippen molar-refractivity contribution in [1.29, 1.82) is 0 Å². The third kappa shape index (κ3) is 3.30. The van der Waals surface area contributed by atoms with Crippen molar-refractivity contribution in [2.75, 3.05) is 12.3 Å². The summed E-state index contributed by atoms with van der Waals surface area (Å²) in [5.41, 5.74) is 12.1. The topological polar surface area (TPSA) is 89.4 Å². The molecule has 0 aromatic heterocycles. The number of nitrogens with zero attached hydrogens (tertiary/aromatic N) is 1. The van der Waals surface area contributed by atoms with E-state index in [4.69, 9.17) is 11.5 Å². The van der Waals surface area contributed by atoms with Gasteiger partial charge in [0.15, 0.2) is 0 Å². The highest BCUT2D eigenvalue weighted by Crippen LogP contribution is 2.26. The van der Waals surface area contributed by atoms with Crippen LogP contribution in [0.5, 0.6) is 0 Å². The number of primary amides is 1. The molecule has 1 aliphatic rings. The Morgan fingerprint density at radius 2 is 1.95 bits per heavy atom. The van der Waals surface area contributed by atoms with Crippen LogP contribution in [0.4, 0.5) is 5.69 Å². The molecule has 1 aromatic rings. The summed E-state index contributed by atoms with van der Waals surface area (Å²) >= 11 is 3.31. The van der Waals surface area contributed by atoms with E-state index in [-0.39, 0.29) is 18.5 Å². The van der Waals surface area contributed by atoms with Gasteiger partial charge >= 0.3 is 0 Å². The molecule has 0 aliphatic heterocycles. The summed E-state index contributed by atoms with van der Waals surface area (Å²) < 4.78 is 0.675. The molecular weight excluding hydrogens is 322 g/mol. The molecule has 108 valence electrons. The summed E-state index contributed by atoms with van der Waals surface area (Å²) in [7, 11) is 0. The molecule has 1 aromatic carbocycles. The molecule has 1 fully saturated rings. The Bertz CT molecular complexity index is 527. The van der Waals surface area contributed by atoms with Crippen molar-refractivity contribution in [2.24, 2.45) is 5.73 Å². The zero-order chi connectivity index (χ0) is 14.7. The molecule has 0 radical (unpaired) electrons. The van der Waals surface area contributed by atoms with Crippen molar-refractivity contribution in [3.05, 3.63) is 28.2 Å². The number of carbonyl (C=O) groups is 2. The van der Waals surface area contributed by atoms with Crippen LogP contribution in [0.1, 0.15) is 36.0 Å². The van der Waals surface area contributed by atoms with Crippen LogP contribution in [0.25, 0.3) is 0 Å². The van der Waals surface area contributed by atoms with Gasteiger partial charge in [-0.3, -0.25) is 9.59 Å². The van der Waals surface area contributed by atoms with Gasteiger partial charge in [-0.15, -0.1) is 0 Å².